The number of nitrogens with zero attached hydrogens (tertiary/aromatic N) is 1. The van der Waals surface area contributed by atoms with E-state index in [0.29, 0.717) is 25.2 Å². The fourth-order valence-corrected chi connectivity index (χ4v) is 2.04. The Morgan fingerprint density at radius 2 is 2.05 bits per heavy atom. The molecule has 1 heterocycles. The first-order valence-electron chi connectivity index (χ1n) is 6.97. The lowest BCUT2D eigenvalue weighted by molar-refractivity contribution is -0.119. The first-order chi connectivity index (χ1) is 9.63. The fourth-order valence-electron chi connectivity index (χ4n) is 2.04. The topological polar surface area (TPSA) is 41.6 Å². The van der Waals surface area contributed by atoms with Crippen LogP contribution in [0.3, 0.4) is 0 Å². The predicted octanol–water partition coefficient (Wildman–Crippen LogP) is 1.92. The summed E-state index contributed by atoms with van der Waals surface area (Å²) in [6.07, 6.45) is 3.18. The summed E-state index contributed by atoms with van der Waals surface area (Å²) >= 11 is 0. The second kappa shape index (κ2) is 7.10. The molecule has 4 nitrogen and oxygen atoms in total. The average Bonchev–Trinajstić information content (AvgIpc) is 2.40. The van der Waals surface area contributed by atoms with Crippen molar-refractivity contribution >= 4 is 11.9 Å². The van der Waals surface area contributed by atoms with Gasteiger partial charge in [0.15, 0.2) is 0 Å². The van der Waals surface area contributed by atoms with Gasteiger partial charge in [0.05, 0.1) is 0 Å². The number of allylic oxidation sites excluding steroid dienone is 1. The summed E-state index contributed by atoms with van der Waals surface area (Å²) in [7, 11) is 4.05. The molecule has 0 saturated carbocycles. The van der Waals surface area contributed by atoms with Crippen molar-refractivity contribution in [1.82, 2.24) is 10.2 Å². The van der Waals surface area contributed by atoms with Gasteiger partial charge in [0.1, 0.15) is 18.1 Å². The molecule has 2 rings (SSSR count). The van der Waals surface area contributed by atoms with Crippen molar-refractivity contribution in [3.63, 3.8) is 0 Å². The third-order valence-corrected chi connectivity index (χ3v) is 3.17. The Hall–Kier alpha value is -1.81. The van der Waals surface area contributed by atoms with E-state index in [4.69, 9.17) is 4.74 Å². The third kappa shape index (κ3) is 4.70. The van der Waals surface area contributed by atoms with Crippen molar-refractivity contribution in [3.8, 4) is 5.75 Å². The molecule has 1 saturated heterocycles. The zero-order valence-corrected chi connectivity index (χ0v) is 12.2. The summed E-state index contributed by atoms with van der Waals surface area (Å²) in [4.78, 5) is 13.5. The molecule has 0 spiro atoms. The second-order valence-electron chi connectivity index (χ2n) is 5.28. The van der Waals surface area contributed by atoms with Crippen LogP contribution < -0.4 is 10.1 Å². The minimum atomic E-state index is 0.304. The highest BCUT2D eigenvalue weighted by Crippen LogP contribution is 2.16. The van der Waals surface area contributed by atoms with Gasteiger partial charge in [-0.2, -0.15) is 0 Å². The molecule has 0 bridgehead atoms. The lowest BCUT2D eigenvalue weighted by Gasteiger charge is -2.16. The van der Waals surface area contributed by atoms with Crippen molar-refractivity contribution in [2.75, 3.05) is 33.8 Å². The van der Waals surface area contributed by atoms with Crippen LogP contribution in [0, 0.1) is 0 Å². The number of benzene rings is 1. The van der Waals surface area contributed by atoms with Gasteiger partial charge in [-0.25, -0.2) is 0 Å². The number of carbonyl (C=O) groups is 1. The number of ketones is 1. The fraction of sp³-hybridized carbons (Fsp3) is 0.438. The molecule has 1 N–H and O–H groups in total. The maximum absolute atomic E-state index is 11.4. The summed E-state index contributed by atoms with van der Waals surface area (Å²) in [5, 5.41) is 3.26. The van der Waals surface area contributed by atoms with Gasteiger partial charge in [-0.05, 0) is 37.9 Å². The smallest absolute Gasteiger partial charge is 0.140 e. The van der Waals surface area contributed by atoms with Crippen LogP contribution >= 0.6 is 0 Å². The van der Waals surface area contributed by atoms with Crippen molar-refractivity contribution in [2.45, 2.75) is 12.8 Å². The second-order valence-corrected chi connectivity index (χ2v) is 5.28. The Labute approximate surface area is 120 Å². The van der Waals surface area contributed by atoms with Crippen LogP contribution in [-0.2, 0) is 4.79 Å². The SMILES string of the molecule is CN(C)CCOc1ccc(/C=C2\CC(=O)CCN2)cc1. The predicted molar refractivity (Wildman–Crippen MR) is 80.7 cm³/mol. The summed E-state index contributed by atoms with van der Waals surface area (Å²) in [6.45, 7) is 2.33. The van der Waals surface area contributed by atoms with Crippen LogP contribution in [0.2, 0.25) is 0 Å². The maximum atomic E-state index is 11.4. The molecule has 1 aromatic carbocycles. The van der Waals surface area contributed by atoms with E-state index in [-0.39, 0.29) is 0 Å². The van der Waals surface area contributed by atoms with E-state index in [1.807, 2.05) is 44.4 Å². The number of carbonyl (C=O) groups excluding carboxylic acids is 1. The number of hydrogen-bond acceptors (Lipinski definition) is 4. The molecule has 0 amide bonds. The van der Waals surface area contributed by atoms with Gasteiger partial charge in [0, 0.05) is 31.6 Å². The summed E-state index contributed by atoms with van der Waals surface area (Å²) in [5.74, 6) is 1.18. The highest BCUT2D eigenvalue weighted by Gasteiger charge is 2.11. The van der Waals surface area contributed by atoms with Crippen LogP contribution in [0.25, 0.3) is 6.08 Å². The third-order valence-electron chi connectivity index (χ3n) is 3.17. The number of likely N-dealkylation sites (N-methyl/N-ethyl adjacent to an activating group) is 1. The van der Waals surface area contributed by atoms with E-state index < -0.39 is 0 Å². The summed E-state index contributed by atoms with van der Waals surface area (Å²) in [6, 6.07) is 7.96. The number of rotatable bonds is 5. The van der Waals surface area contributed by atoms with Crippen LogP contribution in [-0.4, -0.2) is 44.5 Å². The van der Waals surface area contributed by atoms with E-state index >= 15 is 0 Å². The van der Waals surface area contributed by atoms with Gasteiger partial charge in [-0.1, -0.05) is 12.1 Å². The first-order valence-corrected chi connectivity index (χ1v) is 6.97. The van der Waals surface area contributed by atoms with Gasteiger partial charge >= 0.3 is 0 Å². The molecule has 0 unspecified atom stereocenters. The minimum Gasteiger partial charge on any atom is -0.492 e. The summed E-state index contributed by atoms with van der Waals surface area (Å²) in [5.41, 5.74) is 2.09. The molecule has 0 radical (unpaired) electrons. The normalized spacial score (nSPS) is 17.4. The highest BCUT2D eigenvalue weighted by molar-refractivity contribution is 5.83. The van der Waals surface area contributed by atoms with Crippen molar-refractivity contribution in [1.29, 1.82) is 0 Å². The minimum absolute atomic E-state index is 0.304. The molecular weight excluding hydrogens is 252 g/mol. The van der Waals surface area contributed by atoms with Crippen LogP contribution in [0.5, 0.6) is 5.75 Å². The van der Waals surface area contributed by atoms with Crippen molar-refractivity contribution in [3.05, 3.63) is 35.5 Å². The number of Topliss-reactive ketones (excluding diaryl/α,β-unsaturated/α-hetero) is 1. The number of nitrogens with one attached hydrogen (secondary N) is 1. The van der Waals surface area contributed by atoms with E-state index in [1.165, 1.54) is 0 Å². The zero-order chi connectivity index (χ0) is 14.4. The molecule has 4 heteroatoms. The van der Waals surface area contributed by atoms with Crippen LogP contribution in [0.4, 0.5) is 0 Å². The van der Waals surface area contributed by atoms with Gasteiger partial charge < -0.3 is 15.0 Å². The molecule has 0 aliphatic carbocycles. The van der Waals surface area contributed by atoms with E-state index in [0.717, 1.165) is 30.1 Å². The van der Waals surface area contributed by atoms with E-state index in [1.54, 1.807) is 0 Å². The summed E-state index contributed by atoms with van der Waals surface area (Å²) < 4.78 is 5.65. The molecule has 1 aromatic rings. The Morgan fingerprint density at radius 3 is 2.70 bits per heavy atom. The van der Waals surface area contributed by atoms with Crippen LogP contribution in [0.15, 0.2) is 30.0 Å². The molecule has 108 valence electrons. The molecule has 20 heavy (non-hydrogen) atoms. The van der Waals surface area contributed by atoms with E-state index in [2.05, 4.69) is 10.2 Å². The highest BCUT2D eigenvalue weighted by atomic mass is 16.5. The molecular formula is C16H22N2O2. The maximum Gasteiger partial charge on any atom is 0.140 e. The quantitative estimate of drug-likeness (QED) is 0.890. The Morgan fingerprint density at radius 1 is 1.30 bits per heavy atom. The number of ether oxygens (including phenoxy) is 1. The standard InChI is InChI=1S/C16H22N2O2/c1-18(2)9-10-20-16-5-3-13(4-6-16)11-14-12-15(19)7-8-17-14/h3-6,11,17H,7-10,12H2,1-2H3/b14-11+. The van der Waals surface area contributed by atoms with Gasteiger partial charge in [-0.3, -0.25) is 4.79 Å². The Balaban J connectivity index is 1.91. The monoisotopic (exact) mass is 274 g/mol. The van der Waals surface area contributed by atoms with Crippen LogP contribution in [0.1, 0.15) is 18.4 Å². The van der Waals surface area contributed by atoms with Crippen molar-refractivity contribution in [2.24, 2.45) is 0 Å². The van der Waals surface area contributed by atoms with Crippen molar-refractivity contribution < 1.29 is 9.53 Å². The Bertz CT molecular complexity index is 478. The van der Waals surface area contributed by atoms with Gasteiger partial charge in [0.2, 0.25) is 0 Å². The molecule has 1 fully saturated rings. The van der Waals surface area contributed by atoms with Gasteiger partial charge in [0.25, 0.3) is 0 Å². The lowest BCUT2D eigenvalue weighted by atomic mass is 10.1. The zero-order valence-electron chi connectivity index (χ0n) is 12.2. The first kappa shape index (κ1) is 14.6. The molecule has 1 aliphatic rings. The lowest BCUT2D eigenvalue weighted by Crippen LogP contribution is -2.25. The van der Waals surface area contributed by atoms with Gasteiger partial charge in [-0.15, -0.1) is 0 Å². The molecule has 0 aromatic heterocycles. The largest absolute Gasteiger partial charge is 0.492 e. The number of piperidine rings is 1. The number of hydrogen-bond donors (Lipinski definition) is 1. The average molecular weight is 274 g/mol. The molecule has 0 atom stereocenters. The Kier molecular flexibility index (Phi) is 5.18. The molecule has 1 aliphatic heterocycles. The van der Waals surface area contributed by atoms with E-state index in [9.17, 15) is 4.79 Å².